The van der Waals surface area contributed by atoms with Gasteiger partial charge in [-0.25, -0.2) is 0 Å². The molecule has 214 valence electrons. The fourth-order valence-electron chi connectivity index (χ4n) is 4.89. The molecule has 0 saturated heterocycles. The monoisotopic (exact) mass is 555 g/mol. The van der Waals surface area contributed by atoms with Crippen molar-refractivity contribution >= 4 is 5.97 Å². The number of phenols is 1. The number of hydrogen-bond acceptors (Lipinski definition) is 11. The number of benzene rings is 2. The van der Waals surface area contributed by atoms with Crippen molar-refractivity contribution in [2.24, 2.45) is 0 Å². The van der Waals surface area contributed by atoms with Gasteiger partial charge in [-0.15, -0.1) is 0 Å². The summed E-state index contributed by atoms with van der Waals surface area (Å²) in [6, 6.07) is 8.14. The van der Waals surface area contributed by atoms with Crippen LogP contribution in [0.5, 0.6) is 34.5 Å². The number of ether oxygens (including phenoxy) is 5. The van der Waals surface area contributed by atoms with Crippen molar-refractivity contribution < 1.29 is 43.1 Å². The molecule has 4 rings (SSSR count). The van der Waals surface area contributed by atoms with Gasteiger partial charge in [-0.05, 0) is 47.4 Å². The third-order valence-corrected chi connectivity index (χ3v) is 7.00. The summed E-state index contributed by atoms with van der Waals surface area (Å²) in [7, 11) is 7.16. The van der Waals surface area contributed by atoms with Gasteiger partial charge in [0.1, 0.15) is 5.76 Å². The maximum atomic E-state index is 12.9. The molecular formula is C29H33NO10. The van der Waals surface area contributed by atoms with Gasteiger partial charge in [0.05, 0.1) is 54.4 Å². The van der Waals surface area contributed by atoms with Crippen LogP contribution in [-0.4, -0.2) is 63.2 Å². The predicted molar refractivity (Wildman–Crippen MR) is 144 cm³/mol. The summed E-state index contributed by atoms with van der Waals surface area (Å²) >= 11 is 0. The second kappa shape index (κ2) is 12.2. The van der Waals surface area contributed by atoms with Crippen LogP contribution in [0.25, 0.3) is 0 Å². The van der Waals surface area contributed by atoms with Gasteiger partial charge in [0.15, 0.2) is 28.8 Å². The van der Waals surface area contributed by atoms with Gasteiger partial charge in [-0.3, -0.25) is 14.5 Å². The van der Waals surface area contributed by atoms with Gasteiger partial charge < -0.3 is 38.3 Å². The van der Waals surface area contributed by atoms with Crippen molar-refractivity contribution in [3.05, 3.63) is 68.8 Å². The number of aromatic hydroxyl groups is 2. The van der Waals surface area contributed by atoms with E-state index in [0.717, 1.165) is 17.5 Å². The van der Waals surface area contributed by atoms with Crippen LogP contribution in [0.1, 0.15) is 40.5 Å². The van der Waals surface area contributed by atoms with Gasteiger partial charge in [-0.1, -0.05) is 0 Å². The quantitative estimate of drug-likeness (QED) is 0.356. The predicted octanol–water partition coefficient (Wildman–Crippen LogP) is 3.34. The first-order valence-corrected chi connectivity index (χ1v) is 12.6. The second-order valence-corrected chi connectivity index (χ2v) is 9.33. The van der Waals surface area contributed by atoms with Gasteiger partial charge >= 0.3 is 5.97 Å². The molecule has 0 unspecified atom stereocenters. The van der Waals surface area contributed by atoms with Crippen molar-refractivity contribution in [1.82, 2.24) is 4.90 Å². The molecule has 0 bridgehead atoms. The Morgan fingerprint density at radius 3 is 2.05 bits per heavy atom. The Labute approximate surface area is 231 Å². The number of nitrogens with zero attached hydrogens (tertiary/aromatic N) is 1. The Hall–Kier alpha value is -4.38. The summed E-state index contributed by atoms with van der Waals surface area (Å²) in [6.45, 7) is 1.55. The number of fused-ring (bicyclic) bond motifs is 1. The van der Waals surface area contributed by atoms with Crippen molar-refractivity contribution in [2.45, 2.75) is 31.8 Å². The molecule has 0 amide bonds. The molecule has 0 aliphatic carbocycles. The van der Waals surface area contributed by atoms with Gasteiger partial charge in [-0.2, -0.15) is 0 Å². The minimum Gasteiger partial charge on any atom is -0.502 e. The standard InChI is InChI=1S/C29H33NO10/c1-35-22-8-16-6-7-30(14-18(16)11-23(22)36-2)15-19-12-21(31)27(33)29(40-19)20(13-26(32)39-5)17-9-24(37-3)28(34)25(10-17)38-4/h8-12,20,33-34H,6-7,13-15H2,1-5H3/t20-/m0/s1. The first-order chi connectivity index (χ1) is 19.2. The molecule has 0 spiro atoms. The number of phenolic OH excluding ortho intramolecular Hbond substituents is 1. The van der Waals surface area contributed by atoms with E-state index in [1.165, 1.54) is 39.5 Å². The molecule has 11 nitrogen and oxygen atoms in total. The third kappa shape index (κ3) is 5.79. The van der Waals surface area contributed by atoms with Crippen LogP contribution in [0.2, 0.25) is 0 Å². The zero-order valence-electron chi connectivity index (χ0n) is 23.1. The molecule has 1 aromatic heterocycles. The van der Waals surface area contributed by atoms with E-state index in [1.54, 1.807) is 14.2 Å². The summed E-state index contributed by atoms with van der Waals surface area (Å²) in [6.07, 6.45) is 0.495. The third-order valence-electron chi connectivity index (χ3n) is 7.00. The van der Waals surface area contributed by atoms with E-state index in [2.05, 4.69) is 4.90 Å². The summed E-state index contributed by atoms with van der Waals surface area (Å²) in [5.41, 5.74) is 1.97. The van der Waals surface area contributed by atoms with Gasteiger partial charge in [0, 0.05) is 19.2 Å². The topological polar surface area (TPSA) is 137 Å². The molecule has 0 fully saturated rings. The van der Waals surface area contributed by atoms with E-state index in [1.807, 2.05) is 12.1 Å². The zero-order chi connectivity index (χ0) is 29.0. The number of hydrogen-bond donors (Lipinski definition) is 2. The number of esters is 1. The minimum absolute atomic E-state index is 0.0845. The molecule has 11 heteroatoms. The summed E-state index contributed by atoms with van der Waals surface area (Å²) in [5.74, 6) is -0.713. The fourth-order valence-corrected chi connectivity index (χ4v) is 4.89. The van der Waals surface area contributed by atoms with Gasteiger partial charge in [0.2, 0.25) is 16.9 Å². The van der Waals surface area contributed by atoms with Gasteiger partial charge in [0.25, 0.3) is 0 Å². The molecule has 2 heterocycles. The lowest BCUT2D eigenvalue weighted by molar-refractivity contribution is -0.140. The number of carbonyl (C=O) groups is 1. The molecule has 0 radical (unpaired) electrons. The SMILES string of the molecule is COC(=O)C[C@@H](c1cc(OC)c(O)c(OC)c1)c1oc(CN2CCc3cc(OC)c(OC)cc3C2)cc(=O)c1O. The minimum atomic E-state index is -0.942. The van der Waals surface area contributed by atoms with Crippen LogP contribution in [0.4, 0.5) is 0 Å². The lowest BCUT2D eigenvalue weighted by Gasteiger charge is -2.29. The Kier molecular flexibility index (Phi) is 8.73. The lowest BCUT2D eigenvalue weighted by Crippen LogP contribution is -2.30. The highest BCUT2D eigenvalue weighted by atomic mass is 16.5. The van der Waals surface area contributed by atoms with Crippen LogP contribution < -0.4 is 24.4 Å². The van der Waals surface area contributed by atoms with E-state index >= 15 is 0 Å². The van der Waals surface area contributed by atoms with E-state index in [0.29, 0.717) is 35.9 Å². The maximum absolute atomic E-state index is 12.9. The van der Waals surface area contributed by atoms with Crippen molar-refractivity contribution in [3.63, 3.8) is 0 Å². The molecule has 40 heavy (non-hydrogen) atoms. The van der Waals surface area contributed by atoms with Crippen molar-refractivity contribution in [1.29, 1.82) is 0 Å². The van der Waals surface area contributed by atoms with Crippen molar-refractivity contribution in [3.8, 4) is 34.5 Å². The highest BCUT2D eigenvalue weighted by molar-refractivity contribution is 5.71. The second-order valence-electron chi connectivity index (χ2n) is 9.33. The van der Waals surface area contributed by atoms with Crippen LogP contribution in [-0.2, 0) is 29.0 Å². The first-order valence-electron chi connectivity index (χ1n) is 12.6. The zero-order valence-corrected chi connectivity index (χ0v) is 23.1. The summed E-state index contributed by atoms with van der Waals surface area (Å²) < 4.78 is 32.4. The Morgan fingerprint density at radius 2 is 1.48 bits per heavy atom. The average Bonchev–Trinajstić information content (AvgIpc) is 2.97. The Morgan fingerprint density at radius 1 is 0.875 bits per heavy atom. The summed E-state index contributed by atoms with van der Waals surface area (Å²) in [5, 5.41) is 21.1. The normalized spacial score (nSPS) is 13.7. The first kappa shape index (κ1) is 28.6. The molecule has 1 aliphatic heterocycles. The number of rotatable bonds is 10. The molecule has 0 saturated carbocycles. The van der Waals surface area contributed by atoms with Crippen molar-refractivity contribution in [2.75, 3.05) is 42.1 Å². The average molecular weight is 556 g/mol. The smallest absolute Gasteiger partial charge is 0.306 e. The van der Waals surface area contributed by atoms with E-state index in [-0.39, 0.29) is 36.0 Å². The molecule has 2 N–H and O–H groups in total. The van der Waals surface area contributed by atoms with Crippen LogP contribution in [0.15, 0.2) is 39.5 Å². The molecule has 1 atom stereocenters. The van der Waals surface area contributed by atoms with Crippen LogP contribution in [0, 0.1) is 0 Å². The highest BCUT2D eigenvalue weighted by Crippen LogP contribution is 2.43. The van der Waals surface area contributed by atoms with E-state index in [4.69, 9.17) is 28.1 Å². The van der Waals surface area contributed by atoms with Crippen LogP contribution in [0.3, 0.4) is 0 Å². The lowest BCUT2D eigenvalue weighted by atomic mass is 9.91. The fraction of sp³-hybridized carbons (Fsp3) is 0.379. The van der Waals surface area contributed by atoms with Crippen LogP contribution >= 0.6 is 0 Å². The molecule has 3 aromatic rings. The highest BCUT2D eigenvalue weighted by Gasteiger charge is 2.29. The number of carbonyl (C=O) groups excluding carboxylic acids is 1. The molecular weight excluding hydrogens is 522 g/mol. The Balaban J connectivity index is 1.71. The molecule has 2 aromatic carbocycles. The largest absolute Gasteiger partial charge is 0.502 e. The maximum Gasteiger partial charge on any atom is 0.306 e. The van der Waals surface area contributed by atoms with E-state index in [9.17, 15) is 19.8 Å². The summed E-state index contributed by atoms with van der Waals surface area (Å²) in [4.78, 5) is 27.4. The Bertz CT molecular complexity index is 1420. The number of methoxy groups -OCH3 is 5. The van der Waals surface area contributed by atoms with E-state index < -0.39 is 23.1 Å². The molecule has 1 aliphatic rings.